The van der Waals surface area contributed by atoms with Crippen molar-refractivity contribution in [2.45, 2.75) is 12.8 Å². The molecule has 1 aliphatic carbocycles. The molecular weight excluding hydrogens is 314 g/mol. The van der Waals surface area contributed by atoms with Crippen LogP contribution < -0.4 is 0 Å². The molecule has 0 saturated heterocycles. The fourth-order valence-electron chi connectivity index (χ4n) is 2.81. The maximum absolute atomic E-state index is 14.7. The van der Waals surface area contributed by atoms with Crippen LogP contribution in [0, 0.1) is 0 Å². The molecule has 2 aromatic rings. The highest BCUT2D eigenvalue weighted by atomic mass is 19.3. The molecule has 0 heterocycles. The van der Waals surface area contributed by atoms with Crippen LogP contribution in [0.4, 0.5) is 8.78 Å². The Morgan fingerprint density at radius 3 is 2.21 bits per heavy atom. The van der Waals surface area contributed by atoms with E-state index in [1.54, 1.807) is 48.5 Å². The Balaban J connectivity index is 2.27. The molecule has 0 fully saturated rings. The Labute approximate surface area is 137 Å². The van der Waals surface area contributed by atoms with Crippen LogP contribution in [0.2, 0.25) is 0 Å². The number of alkyl halides is 2. The van der Waals surface area contributed by atoms with Crippen molar-refractivity contribution < 1.29 is 23.1 Å². The minimum absolute atomic E-state index is 0.0780. The number of benzene rings is 2. The summed E-state index contributed by atoms with van der Waals surface area (Å²) in [5.74, 6) is -6.57. The summed E-state index contributed by atoms with van der Waals surface area (Å²) in [7, 11) is 0. The Bertz CT molecular complexity index is 839. The van der Waals surface area contributed by atoms with Gasteiger partial charge < -0.3 is 4.74 Å². The Morgan fingerprint density at radius 1 is 1.00 bits per heavy atom. The summed E-state index contributed by atoms with van der Waals surface area (Å²) in [6, 6.07) is 14.7. The Morgan fingerprint density at radius 2 is 1.58 bits per heavy atom. The lowest BCUT2D eigenvalue weighted by atomic mass is 9.95. The van der Waals surface area contributed by atoms with Crippen molar-refractivity contribution in [3.63, 3.8) is 0 Å². The van der Waals surface area contributed by atoms with Gasteiger partial charge in [-0.3, -0.25) is 4.79 Å². The SMILES string of the molecule is CCOC(=O)C(F)(F)C1=C(c2ccccc2)c2ccccc2C1=O. The summed E-state index contributed by atoms with van der Waals surface area (Å²) in [6.07, 6.45) is 0. The third kappa shape index (κ3) is 2.42. The third-order valence-corrected chi connectivity index (χ3v) is 3.83. The van der Waals surface area contributed by atoms with E-state index in [-0.39, 0.29) is 17.7 Å². The molecular formula is C19H14F2O3. The average Bonchev–Trinajstić information content (AvgIpc) is 2.90. The normalized spacial score (nSPS) is 13.9. The second-order valence-electron chi connectivity index (χ2n) is 5.29. The summed E-state index contributed by atoms with van der Waals surface area (Å²) in [5.41, 5.74) is 0.264. The molecule has 5 heteroatoms. The number of rotatable bonds is 4. The van der Waals surface area contributed by atoms with Gasteiger partial charge in [-0.1, -0.05) is 54.6 Å². The van der Waals surface area contributed by atoms with Crippen molar-refractivity contribution in [3.05, 3.63) is 76.9 Å². The highest BCUT2D eigenvalue weighted by molar-refractivity contribution is 6.25. The van der Waals surface area contributed by atoms with Gasteiger partial charge in [0.25, 0.3) is 0 Å². The molecule has 2 aromatic carbocycles. The number of halogens is 2. The van der Waals surface area contributed by atoms with E-state index in [4.69, 9.17) is 0 Å². The van der Waals surface area contributed by atoms with Crippen LogP contribution in [-0.2, 0) is 9.53 Å². The van der Waals surface area contributed by atoms with E-state index in [0.29, 0.717) is 11.1 Å². The maximum atomic E-state index is 14.7. The molecule has 0 unspecified atom stereocenters. The molecule has 1 aliphatic rings. The van der Waals surface area contributed by atoms with Crippen molar-refractivity contribution in [2.75, 3.05) is 6.61 Å². The summed E-state index contributed by atoms with van der Waals surface area (Å²) in [6.45, 7) is 1.25. The van der Waals surface area contributed by atoms with Crippen LogP contribution in [0.5, 0.6) is 0 Å². The van der Waals surface area contributed by atoms with Crippen LogP contribution in [0.15, 0.2) is 60.2 Å². The van der Waals surface area contributed by atoms with Crippen LogP contribution in [0.1, 0.15) is 28.4 Å². The van der Waals surface area contributed by atoms with Crippen LogP contribution >= 0.6 is 0 Å². The molecule has 0 spiro atoms. The lowest BCUT2D eigenvalue weighted by Crippen LogP contribution is -2.35. The quantitative estimate of drug-likeness (QED) is 0.800. The monoisotopic (exact) mass is 328 g/mol. The molecule has 0 saturated carbocycles. The minimum Gasteiger partial charge on any atom is -0.461 e. The lowest BCUT2D eigenvalue weighted by Gasteiger charge is -2.17. The number of hydrogen-bond acceptors (Lipinski definition) is 3. The van der Waals surface area contributed by atoms with Crippen molar-refractivity contribution in [1.29, 1.82) is 0 Å². The molecule has 3 nitrogen and oxygen atoms in total. The number of carbonyl (C=O) groups is 2. The first-order valence-electron chi connectivity index (χ1n) is 7.47. The molecule has 0 aromatic heterocycles. The second-order valence-corrected chi connectivity index (χ2v) is 5.29. The van der Waals surface area contributed by atoms with E-state index in [0.717, 1.165) is 0 Å². The van der Waals surface area contributed by atoms with E-state index >= 15 is 0 Å². The summed E-state index contributed by atoms with van der Waals surface area (Å²) >= 11 is 0. The first-order chi connectivity index (χ1) is 11.5. The van der Waals surface area contributed by atoms with Crippen LogP contribution in [0.3, 0.4) is 0 Å². The summed E-state index contributed by atoms with van der Waals surface area (Å²) < 4.78 is 33.9. The molecule has 0 radical (unpaired) electrons. The van der Waals surface area contributed by atoms with Crippen molar-refractivity contribution >= 4 is 17.3 Å². The largest absolute Gasteiger partial charge is 0.461 e. The molecule has 0 amide bonds. The van der Waals surface area contributed by atoms with Gasteiger partial charge in [0.2, 0.25) is 0 Å². The zero-order chi connectivity index (χ0) is 17.3. The van der Waals surface area contributed by atoms with Gasteiger partial charge in [0, 0.05) is 11.1 Å². The molecule has 24 heavy (non-hydrogen) atoms. The van der Waals surface area contributed by atoms with E-state index < -0.39 is 23.2 Å². The minimum atomic E-state index is -4.02. The van der Waals surface area contributed by atoms with Gasteiger partial charge in [-0.05, 0) is 18.1 Å². The average molecular weight is 328 g/mol. The predicted molar refractivity (Wildman–Crippen MR) is 84.8 cm³/mol. The van der Waals surface area contributed by atoms with Gasteiger partial charge in [0.05, 0.1) is 12.2 Å². The summed E-state index contributed by atoms with van der Waals surface area (Å²) in [4.78, 5) is 24.4. The lowest BCUT2D eigenvalue weighted by molar-refractivity contribution is -0.165. The smallest absolute Gasteiger partial charge is 0.382 e. The predicted octanol–water partition coefficient (Wildman–Crippen LogP) is 3.88. The first kappa shape index (κ1) is 16.1. The van der Waals surface area contributed by atoms with E-state index in [9.17, 15) is 18.4 Å². The topological polar surface area (TPSA) is 43.4 Å². The molecule has 3 rings (SSSR count). The molecule has 0 bridgehead atoms. The maximum Gasteiger partial charge on any atom is 0.382 e. The molecule has 122 valence electrons. The zero-order valence-electron chi connectivity index (χ0n) is 12.9. The van der Waals surface area contributed by atoms with Gasteiger partial charge >= 0.3 is 11.9 Å². The number of carbonyl (C=O) groups excluding carboxylic acids is 2. The molecule has 0 atom stereocenters. The fraction of sp³-hybridized carbons (Fsp3) is 0.158. The highest BCUT2D eigenvalue weighted by Gasteiger charge is 2.52. The third-order valence-electron chi connectivity index (χ3n) is 3.83. The molecule has 0 aliphatic heterocycles. The van der Waals surface area contributed by atoms with Crippen molar-refractivity contribution in [1.82, 2.24) is 0 Å². The van der Waals surface area contributed by atoms with E-state index in [2.05, 4.69) is 4.74 Å². The standard InChI is InChI=1S/C19H14F2O3/c1-2-24-18(23)19(20,21)16-15(12-8-4-3-5-9-12)13-10-6-7-11-14(13)17(16)22/h3-11H,2H2,1H3. The van der Waals surface area contributed by atoms with Crippen molar-refractivity contribution in [3.8, 4) is 0 Å². The number of Topliss-reactive ketones (excluding diaryl/α,β-unsaturated/α-hetero) is 1. The fourth-order valence-corrected chi connectivity index (χ4v) is 2.81. The van der Waals surface area contributed by atoms with Gasteiger partial charge in [0.15, 0.2) is 5.78 Å². The zero-order valence-corrected chi connectivity index (χ0v) is 12.9. The second kappa shape index (κ2) is 6.00. The number of esters is 1. The van der Waals surface area contributed by atoms with Gasteiger partial charge in [-0.2, -0.15) is 8.78 Å². The van der Waals surface area contributed by atoms with Crippen LogP contribution in [-0.4, -0.2) is 24.3 Å². The number of hydrogen-bond donors (Lipinski definition) is 0. The number of ether oxygens (including phenoxy) is 1. The van der Waals surface area contributed by atoms with Gasteiger partial charge in [-0.15, -0.1) is 0 Å². The Hall–Kier alpha value is -2.82. The van der Waals surface area contributed by atoms with E-state index in [1.165, 1.54) is 13.0 Å². The van der Waals surface area contributed by atoms with Gasteiger partial charge in [-0.25, -0.2) is 4.79 Å². The van der Waals surface area contributed by atoms with Gasteiger partial charge in [0.1, 0.15) is 0 Å². The number of fused-ring (bicyclic) bond motifs is 1. The van der Waals surface area contributed by atoms with Crippen LogP contribution in [0.25, 0.3) is 5.57 Å². The number of ketones is 1. The Kier molecular flexibility index (Phi) is 4.01. The molecule has 0 N–H and O–H groups in total. The summed E-state index contributed by atoms with van der Waals surface area (Å²) in [5, 5.41) is 0. The highest BCUT2D eigenvalue weighted by Crippen LogP contribution is 2.44. The van der Waals surface area contributed by atoms with E-state index in [1.807, 2.05) is 0 Å². The van der Waals surface area contributed by atoms with Crippen molar-refractivity contribution in [2.24, 2.45) is 0 Å². The first-order valence-corrected chi connectivity index (χ1v) is 7.47.